The molecule has 0 radical (unpaired) electrons. The fraction of sp³-hybridized carbons (Fsp3) is 0.200. The lowest BCUT2D eigenvalue weighted by Crippen LogP contribution is -2.31. The van der Waals surface area contributed by atoms with Crippen LogP contribution in [0.2, 0.25) is 0 Å². The Hall–Kier alpha value is -1.34. The second kappa shape index (κ2) is 7.61. The van der Waals surface area contributed by atoms with Gasteiger partial charge in [0.15, 0.2) is 0 Å². The summed E-state index contributed by atoms with van der Waals surface area (Å²) in [6.07, 6.45) is 0. The molecule has 4 nitrogen and oxygen atoms in total. The minimum atomic E-state index is -1.56. The maximum absolute atomic E-state index is 9.32. The molecule has 0 amide bonds. The van der Waals surface area contributed by atoms with Gasteiger partial charge >= 0.3 is 7.12 Å². The average Bonchev–Trinajstić information content (AvgIpc) is 2.47. The topological polar surface area (TPSA) is 58.9 Å². The van der Waals surface area contributed by atoms with Crippen molar-refractivity contribution < 1.29 is 19.5 Å². The number of halogens is 1. The monoisotopic (exact) mass is 350 g/mol. The minimum absolute atomic E-state index is 0.334. The molecule has 0 aliphatic rings. The zero-order chi connectivity index (χ0) is 15.2. The van der Waals surface area contributed by atoms with Crippen LogP contribution < -0.4 is 10.2 Å². The number of benzene rings is 2. The van der Waals surface area contributed by atoms with Gasteiger partial charge in [0.1, 0.15) is 5.75 Å². The van der Waals surface area contributed by atoms with Gasteiger partial charge in [0.2, 0.25) is 0 Å². The van der Waals surface area contributed by atoms with Crippen molar-refractivity contribution >= 4 is 28.5 Å². The summed E-state index contributed by atoms with van der Waals surface area (Å²) < 4.78 is 11.7. The van der Waals surface area contributed by atoms with E-state index in [4.69, 9.17) is 9.47 Å². The zero-order valence-corrected chi connectivity index (χ0v) is 13.2. The van der Waals surface area contributed by atoms with Crippen LogP contribution in [0.5, 0.6) is 5.75 Å². The molecule has 0 aromatic heterocycles. The summed E-state index contributed by atoms with van der Waals surface area (Å²) in [4.78, 5) is 0. The number of rotatable bonds is 6. The second-order valence-corrected chi connectivity index (χ2v) is 5.49. The van der Waals surface area contributed by atoms with Crippen LogP contribution >= 0.6 is 15.9 Å². The van der Waals surface area contributed by atoms with Gasteiger partial charge in [-0.3, -0.25) is 0 Å². The van der Waals surface area contributed by atoms with Gasteiger partial charge in [0.05, 0.1) is 20.3 Å². The first-order chi connectivity index (χ1) is 10.1. The second-order valence-electron chi connectivity index (χ2n) is 4.57. The standard InChI is InChI=1S/C15H16BBrO4/c1-20-15-6-5-12(8-14(15)16(18)19)10-21-9-11-3-2-4-13(17)7-11/h2-8,18-19H,9-10H2,1H3. The van der Waals surface area contributed by atoms with Crippen molar-refractivity contribution in [2.24, 2.45) is 0 Å². The van der Waals surface area contributed by atoms with Crippen LogP contribution in [-0.2, 0) is 18.0 Å². The van der Waals surface area contributed by atoms with Crippen molar-refractivity contribution in [3.8, 4) is 5.75 Å². The SMILES string of the molecule is COc1ccc(COCc2cccc(Br)c2)cc1B(O)O. The van der Waals surface area contributed by atoms with E-state index in [2.05, 4.69) is 15.9 Å². The molecule has 2 rings (SSSR count). The molecule has 2 aromatic rings. The van der Waals surface area contributed by atoms with E-state index in [0.29, 0.717) is 24.4 Å². The number of hydrogen-bond donors (Lipinski definition) is 2. The first kappa shape index (κ1) is 16.0. The molecule has 0 aliphatic carbocycles. The Kier molecular flexibility index (Phi) is 5.81. The van der Waals surface area contributed by atoms with Crippen molar-refractivity contribution in [3.63, 3.8) is 0 Å². The van der Waals surface area contributed by atoms with Crippen molar-refractivity contribution in [2.45, 2.75) is 13.2 Å². The predicted molar refractivity (Wildman–Crippen MR) is 85.5 cm³/mol. The maximum atomic E-state index is 9.32. The molecular formula is C15H16BBrO4. The maximum Gasteiger partial charge on any atom is 0.492 e. The highest BCUT2D eigenvalue weighted by Crippen LogP contribution is 2.14. The van der Waals surface area contributed by atoms with E-state index >= 15 is 0 Å². The molecule has 2 aromatic carbocycles. The van der Waals surface area contributed by atoms with E-state index in [9.17, 15) is 10.0 Å². The fourth-order valence-electron chi connectivity index (χ4n) is 1.99. The summed E-state index contributed by atoms with van der Waals surface area (Å²) in [6.45, 7) is 0.874. The summed E-state index contributed by atoms with van der Waals surface area (Å²) in [5, 5.41) is 18.6. The van der Waals surface area contributed by atoms with Gasteiger partial charge in [-0.15, -0.1) is 0 Å². The Balaban J connectivity index is 1.98. The summed E-state index contributed by atoms with van der Waals surface area (Å²) in [5.74, 6) is 0.445. The highest BCUT2D eigenvalue weighted by molar-refractivity contribution is 9.10. The van der Waals surface area contributed by atoms with E-state index in [1.54, 1.807) is 12.1 Å². The van der Waals surface area contributed by atoms with Gasteiger partial charge in [0, 0.05) is 9.94 Å². The molecule has 0 bridgehead atoms. The van der Waals surface area contributed by atoms with Gasteiger partial charge in [-0.05, 0) is 29.3 Å². The molecule has 0 fully saturated rings. The molecule has 2 N–H and O–H groups in total. The third kappa shape index (κ3) is 4.57. The number of methoxy groups -OCH3 is 1. The molecule has 0 saturated carbocycles. The third-order valence-corrected chi connectivity index (χ3v) is 3.49. The van der Waals surface area contributed by atoms with E-state index < -0.39 is 7.12 Å². The predicted octanol–water partition coefficient (Wildman–Crippen LogP) is 1.85. The molecule has 21 heavy (non-hydrogen) atoms. The normalized spacial score (nSPS) is 10.5. The minimum Gasteiger partial charge on any atom is -0.497 e. The highest BCUT2D eigenvalue weighted by Gasteiger charge is 2.17. The van der Waals surface area contributed by atoms with Crippen molar-refractivity contribution in [3.05, 3.63) is 58.1 Å². The molecule has 0 atom stereocenters. The van der Waals surface area contributed by atoms with Crippen LogP contribution in [0.25, 0.3) is 0 Å². The first-order valence-electron chi connectivity index (χ1n) is 6.45. The van der Waals surface area contributed by atoms with Gasteiger partial charge in [-0.25, -0.2) is 0 Å². The Bertz CT molecular complexity index is 604. The lowest BCUT2D eigenvalue weighted by atomic mass is 9.79. The van der Waals surface area contributed by atoms with E-state index in [1.807, 2.05) is 30.3 Å². The van der Waals surface area contributed by atoms with E-state index in [-0.39, 0.29) is 0 Å². The molecule has 0 unspecified atom stereocenters. The zero-order valence-electron chi connectivity index (χ0n) is 11.6. The molecule has 0 saturated heterocycles. The van der Waals surface area contributed by atoms with Crippen LogP contribution in [0.4, 0.5) is 0 Å². The number of hydrogen-bond acceptors (Lipinski definition) is 4. The van der Waals surface area contributed by atoms with E-state index in [0.717, 1.165) is 15.6 Å². The molecular weight excluding hydrogens is 335 g/mol. The summed E-state index contributed by atoms with van der Waals surface area (Å²) in [6, 6.07) is 13.1. The van der Waals surface area contributed by atoms with Crippen molar-refractivity contribution in [2.75, 3.05) is 7.11 Å². The quantitative estimate of drug-likeness (QED) is 0.781. The van der Waals surface area contributed by atoms with Gasteiger partial charge < -0.3 is 19.5 Å². The Morgan fingerprint density at radius 2 is 1.76 bits per heavy atom. The van der Waals surface area contributed by atoms with Crippen LogP contribution in [0, 0.1) is 0 Å². The largest absolute Gasteiger partial charge is 0.497 e. The smallest absolute Gasteiger partial charge is 0.492 e. The Morgan fingerprint density at radius 1 is 1.05 bits per heavy atom. The van der Waals surface area contributed by atoms with E-state index in [1.165, 1.54) is 7.11 Å². The van der Waals surface area contributed by atoms with Gasteiger partial charge in [0.25, 0.3) is 0 Å². The number of ether oxygens (including phenoxy) is 2. The molecule has 0 spiro atoms. The van der Waals surface area contributed by atoms with Crippen molar-refractivity contribution in [1.29, 1.82) is 0 Å². The fourth-order valence-corrected chi connectivity index (χ4v) is 2.44. The van der Waals surface area contributed by atoms with Crippen LogP contribution in [0.3, 0.4) is 0 Å². The highest BCUT2D eigenvalue weighted by atomic mass is 79.9. The van der Waals surface area contributed by atoms with Crippen LogP contribution in [0.15, 0.2) is 46.9 Å². The lowest BCUT2D eigenvalue weighted by molar-refractivity contribution is 0.107. The third-order valence-electron chi connectivity index (χ3n) is 3.00. The Morgan fingerprint density at radius 3 is 2.38 bits per heavy atom. The summed E-state index contributed by atoms with van der Waals surface area (Å²) >= 11 is 3.42. The molecule has 6 heteroatoms. The molecule has 0 aliphatic heterocycles. The van der Waals surface area contributed by atoms with Crippen LogP contribution in [-0.4, -0.2) is 24.3 Å². The molecule has 0 heterocycles. The summed E-state index contributed by atoms with van der Waals surface area (Å²) in [7, 11) is -0.0741. The first-order valence-corrected chi connectivity index (χ1v) is 7.24. The van der Waals surface area contributed by atoms with Crippen molar-refractivity contribution in [1.82, 2.24) is 0 Å². The van der Waals surface area contributed by atoms with Gasteiger partial charge in [-0.1, -0.05) is 40.2 Å². The molecule has 110 valence electrons. The average molecular weight is 351 g/mol. The van der Waals surface area contributed by atoms with Gasteiger partial charge in [-0.2, -0.15) is 0 Å². The summed E-state index contributed by atoms with van der Waals surface area (Å²) in [5.41, 5.74) is 2.26. The Labute approximate surface area is 132 Å². The van der Waals surface area contributed by atoms with Crippen LogP contribution in [0.1, 0.15) is 11.1 Å². The lowest BCUT2D eigenvalue weighted by Gasteiger charge is -2.10.